The normalized spacial score (nSPS) is 11.9. The number of aryl methyl sites for hydroxylation is 1. The van der Waals surface area contributed by atoms with Gasteiger partial charge in [0.2, 0.25) is 0 Å². The molecule has 0 aliphatic rings. The number of aliphatic hydroxyl groups is 1. The van der Waals surface area contributed by atoms with Crippen molar-refractivity contribution >= 4 is 23.3 Å². The Kier molecular flexibility index (Phi) is 4.65. The number of carbonyl (C=O) groups excluding carboxylic acids is 1. The molecule has 5 nitrogen and oxygen atoms in total. The Hall–Kier alpha value is -1.98. The van der Waals surface area contributed by atoms with Crippen LogP contribution in [0, 0.1) is 6.92 Å². The number of hydrogen-bond donors (Lipinski definition) is 3. The smallest absolute Gasteiger partial charge is 0.319 e. The number of furan rings is 1. The van der Waals surface area contributed by atoms with E-state index >= 15 is 0 Å². The van der Waals surface area contributed by atoms with Crippen LogP contribution in [-0.4, -0.2) is 17.7 Å². The van der Waals surface area contributed by atoms with Crippen LogP contribution >= 0.6 is 11.6 Å². The van der Waals surface area contributed by atoms with Gasteiger partial charge in [0, 0.05) is 10.7 Å². The lowest BCUT2D eigenvalue weighted by Crippen LogP contribution is -2.32. The number of amides is 2. The van der Waals surface area contributed by atoms with Gasteiger partial charge in [0.25, 0.3) is 0 Å². The summed E-state index contributed by atoms with van der Waals surface area (Å²) in [7, 11) is 0. The van der Waals surface area contributed by atoms with Crippen molar-refractivity contribution in [2.24, 2.45) is 0 Å². The summed E-state index contributed by atoms with van der Waals surface area (Å²) in [6.45, 7) is 1.92. The van der Waals surface area contributed by atoms with Crippen molar-refractivity contribution < 1.29 is 14.3 Å². The van der Waals surface area contributed by atoms with E-state index in [0.29, 0.717) is 16.5 Å². The molecule has 3 N–H and O–H groups in total. The Bertz CT molecular complexity index is 584. The molecule has 0 saturated heterocycles. The SMILES string of the molecule is Cc1ccc(Cl)cc1NC(=O)NCC(O)c1ccco1. The molecule has 106 valence electrons. The zero-order chi connectivity index (χ0) is 14.5. The Labute approximate surface area is 121 Å². The summed E-state index contributed by atoms with van der Waals surface area (Å²) >= 11 is 5.87. The summed E-state index contributed by atoms with van der Waals surface area (Å²) < 4.78 is 5.04. The fraction of sp³-hybridized carbons (Fsp3) is 0.214. The average Bonchev–Trinajstić information content (AvgIpc) is 2.94. The Morgan fingerprint density at radius 1 is 1.45 bits per heavy atom. The van der Waals surface area contributed by atoms with Crippen molar-refractivity contribution in [1.82, 2.24) is 5.32 Å². The highest BCUT2D eigenvalue weighted by Gasteiger charge is 2.12. The van der Waals surface area contributed by atoms with Crippen LogP contribution in [0.25, 0.3) is 0 Å². The Balaban J connectivity index is 1.88. The van der Waals surface area contributed by atoms with Gasteiger partial charge in [-0.3, -0.25) is 0 Å². The van der Waals surface area contributed by atoms with Crippen molar-refractivity contribution in [2.75, 3.05) is 11.9 Å². The first-order chi connectivity index (χ1) is 9.56. The monoisotopic (exact) mass is 294 g/mol. The minimum absolute atomic E-state index is 0.0545. The first-order valence-electron chi connectivity index (χ1n) is 6.08. The van der Waals surface area contributed by atoms with E-state index in [4.69, 9.17) is 16.0 Å². The Morgan fingerprint density at radius 2 is 2.25 bits per heavy atom. The second kappa shape index (κ2) is 6.45. The zero-order valence-corrected chi connectivity index (χ0v) is 11.6. The molecule has 0 radical (unpaired) electrons. The number of benzene rings is 1. The molecule has 1 aromatic heterocycles. The second-order valence-electron chi connectivity index (χ2n) is 4.33. The van der Waals surface area contributed by atoms with E-state index in [1.165, 1.54) is 6.26 Å². The molecule has 2 rings (SSSR count). The quantitative estimate of drug-likeness (QED) is 0.811. The molecule has 2 aromatic rings. The maximum absolute atomic E-state index is 11.7. The van der Waals surface area contributed by atoms with Crippen LogP contribution in [0.3, 0.4) is 0 Å². The molecule has 6 heteroatoms. The predicted octanol–water partition coefficient (Wildman–Crippen LogP) is 3.10. The summed E-state index contributed by atoms with van der Waals surface area (Å²) in [5.74, 6) is 0.407. The average molecular weight is 295 g/mol. The molecule has 0 spiro atoms. The maximum Gasteiger partial charge on any atom is 0.319 e. The third kappa shape index (κ3) is 3.76. The van der Waals surface area contributed by atoms with Gasteiger partial charge in [-0.1, -0.05) is 17.7 Å². The largest absolute Gasteiger partial charge is 0.467 e. The second-order valence-corrected chi connectivity index (χ2v) is 4.76. The lowest BCUT2D eigenvalue weighted by atomic mass is 10.2. The third-order valence-electron chi connectivity index (χ3n) is 2.78. The predicted molar refractivity (Wildman–Crippen MR) is 76.9 cm³/mol. The van der Waals surface area contributed by atoms with E-state index < -0.39 is 12.1 Å². The van der Waals surface area contributed by atoms with E-state index in [1.54, 1.807) is 24.3 Å². The summed E-state index contributed by atoms with van der Waals surface area (Å²) in [6.07, 6.45) is 0.588. The molecule has 1 atom stereocenters. The van der Waals surface area contributed by atoms with Gasteiger partial charge < -0.3 is 20.2 Å². The molecule has 2 amide bonds. The highest BCUT2D eigenvalue weighted by atomic mass is 35.5. The molecular weight excluding hydrogens is 280 g/mol. The highest BCUT2D eigenvalue weighted by molar-refractivity contribution is 6.31. The van der Waals surface area contributed by atoms with Crippen molar-refractivity contribution in [3.05, 3.63) is 52.9 Å². The first kappa shape index (κ1) is 14.4. The minimum atomic E-state index is -0.879. The summed E-state index contributed by atoms with van der Waals surface area (Å²) in [6, 6.07) is 8.13. The van der Waals surface area contributed by atoms with Gasteiger partial charge in [0.1, 0.15) is 11.9 Å². The van der Waals surface area contributed by atoms with Gasteiger partial charge in [-0.15, -0.1) is 0 Å². The van der Waals surface area contributed by atoms with Gasteiger partial charge in [-0.2, -0.15) is 0 Å². The molecule has 20 heavy (non-hydrogen) atoms. The van der Waals surface area contributed by atoms with E-state index in [-0.39, 0.29) is 6.54 Å². The van der Waals surface area contributed by atoms with Crippen molar-refractivity contribution in [3.63, 3.8) is 0 Å². The van der Waals surface area contributed by atoms with Gasteiger partial charge in [0.05, 0.1) is 12.8 Å². The molecule has 1 unspecified atom stereocenters. The van der Waals surface area contributed by atoms with Crippen LogP contribution in [0.1, 0.15) is 17.4 Å². The fourth-order valence-electron chi connectivity index (χ4n) is 1.67. The summed E-state index contributed by atoms with van der Waals surface area (Å²) in [5, 5.41) is 15.5. The summed E-state index contributed by atoms with van der Waals surface area (Å²) in [5.41, 5.74) is 1.53. The number of nitrogens with one attached hydrogen (secondary N) is 2. The van der Waals surface area contributed by atoms with Gasteiger partial charge in [-0.25, -0.2) is 4.79 Å². The number of rotatable bonds is 4. The van der Waals surface area contributed by atoms with Crippen LogP contribution < -0.4 is 10.6 Å². The van der Waals surface area contributed by atoms with Crippen molar-refractivity contribution in [3.8, 4) is 0 Å². The van der Waals surface area contributed by atoms with Crippen molar-refractivity contribution in [2.45, 2.75) is 13.0 Å². The van der Waals surface area contributed by atoms with Crippen LogP contribution in [-0.2, 0) is 0 Å². The first-order valence-corrected chi connectivity index (χ1v) is 6.46. The number of halogens is 1. The lowest BCUT2D eigenvalue weighted by Gasteiger charge is -2.12. The maximum atomic E-state index is 11.7. The molecule has 0 bridgehead atoms. The number of carbonyl (C=O) groups is 1. The van der Waals surface area contributed by atoms with Gasteiger partial charge in [-0.05, 0) is 36.8 Å². The van der Waals surface area contributed by atoms with Gasteiger partial charge >= 0.3 is 6.03 Å². The minimum Gasteiger partial charge on any atom is -0.467 e. The molecular formula is C14H15ClN2O3. The van der Waals surface area contributed by atoms with Gasteiger partial charge in [0.15, 0.2) is 0 Å². The van der Waals surface area contributed by atoms with E-state index in [9.17, 15) is 9.90 Å². The highest BCUT2D eigenvalue weighted by Crippen LogP contribution is 2.20. The van der Waals surface area contributed by atoms with Crippen LogP contribution in [0.4, 0.5) is 10.5 Å². The molecule has 1 heterocycles. The topological polar surface area (TPSA) is 74.5 Å². The van der Waals surface area contributed by atoms with Crippen molar-refractivity contribution in [1.29, 1.82) is 0 Å². The lowest BCUT2D eigenvalue weighted by molar-refractivity contribution is 0.149. The summed E-state index contributed by atoms with van der Waals surface area (Å²) in [4.78, 5) is 11.7. The van der Waals surface area contributed by atoms with Crippen LogP contribution in [0.2, 0.25) is 5.02 Å². The molecule has 0 saturated carbocycles. The number of aliphatic hydroxyl groups excluding tert-OH is 1. The number of anilines is 1. The Morgan fingerprint density at radius 3 is 2.95 bits per heavy atom. The van der Waals surface area contributed by atoms with E-state index in [0.717, 1.165) is 5.56 Å². The number of hydrogen-bond acceptors (Lipinski definition) is 3. The molecule has 0 fully saturated rings. The van der Waals surface area contributed by atoms with E-state index in [1.807, 2.05) is 13.0 Å². The van der Waals surface area contributed by atoms with E-state index in [2.05, 4.69) is 10.6 Å². The standard InChI is InChI=1S/C14H15ClN2O3/c1-9-4-5-10(15)7-11(9)17-14(19)16-8-12(18)13-3-2-6-20-13/h2-7,12,18H,8H2,1H3,(H2,16,17,19). The van der Waals surface area contributed by atoms with Crippen LogP contribution in [0.15, 0.2) is 41.0 Å². The molecule has 0 aliphatic carbocycles. The van der Waals surface area contributed by atoms with Crippen LogP contribution in [0.5, 0.6) is 0 Å². The third-order valence-corrected chi connectivity index (χ3v) is 3.01. The zero-order valence-electron chi connectivity index (χ0n) is 10.9. The number of urea groups is 1. The molecule has 1 aromatic carbocycles. The fourth-order valence-corrected chi connectivity index (χ4v) is 1.84. The molecule has 0 aliphatic heterocycles.